The molecule has 1 aromatic heterocycles. The molecule has 0 bridgehead atoms. The zero-order chi connectivity index (χ0) is 21.3. The van der Waals surface area contributed by atoms with Gasteiger partial charge in [0.25, 0.3) is 10.0 Å². The lowest BCUT2D eigenvalue weighted by Gasteiger charge is -2.25. The number of sulfonamides is 1. The van der Waals surface area contributed by atoms with Gasteiger partial charge in [0.15, 0.2) is 12.0 Å². The number of aromatic nitrogens is 1. The summed E-state index contributed by atoms with van der Waals surface area (Å²) in [7, 11) is -2.82. The number of carbonyl (C=O) groups is 1. The lowest BCUT2D eigenvalue weighted by Crippen LogP contribution is -2.26. The molecule has 0 atom stereocenters. The minimum absolute atomic E-state index is 0.0324. The first-order valence-electron chi connectivity index (χ1n) is 9.04. The Kier molecular flexibility index (Phi) is 5.01. The van der Waals surface area contributed by atoms with Gasteiger partial charge in [-0.2, -0.15) is 0 Å². The second-order valence-electron chi connectivity index (χ2n) is 6.58. The van der Waals surface area contributed by atoms with E-state index in [2.05, 4.69) is 4.98 Å². The van der Waals surface area contributed by atoms with Crippen molar-refractivity contribution in [3.05, 3.63) is 84.3 Å². The predicted molar refractivity (Wildman–Crippen MR) is 112 cm³/mol. The Morgan fingerprint density at radius 3 is 2.50 bits per heavy atom. The summed E-state index contributed by atoms with van der Waals surface area (Å²) in [6.45, 7) is 1.72. The third-order valence-corrected chi connectivity index (χ3v) is 6.44. The van der Waals surface area contributed by atoms with Crippen molar-refractivity contribution in [2.75, 3.05) is 11.4 Å². The smallest absolute Gasteiger partial charge is 0.338 e. The molecule has 7 nitrogen and oxygen atoms in total. The standard InChI is InChI=1S/C22H18N2O5S/c1-15-8-10-18(13-19(15)22(25)28-2)30(26,27)24(16-6-4-3-5-7-16)17-9-11-20-21(12-17)29-14-23-20/h3-14H,1-2H3. The summed E-state index contributed by atoms with van der Waals surface area (Å²) in [5.74, 6) is -0.598. The Morgan fingerprint density at radius 1 is 1.00 bits per heavy atom. The van der Waals surface area contributed by atoms with E-state index in [9.17, 15) is 13.2 Å². The number of methoxy groups -OCH3 is 1. The molecule has 4 aromatic rings. The van der Waals surface area contributed by atoms with Gasteiger partial charge < -0.3 is 9.15 Å². The monoisotopic (exact) mass is 422 g/mol. The van der Waals surface area contributed by atoms with Gasteiger partial charge in [-0.15, -0.1) is 0 Å². The third-order valence-electron chi connectivity index (χ3n) is 4.69. The molecule has 0 fully saturated rings. The molecule has 0 spiro atoms. The van der Waals surface area contributed by atoms with E-state index in [0.717, 1.165) is 0 Å². The first-order chi connectivity index (χ1) is 14.4. The van der Waals surface area contributed by atoms with Gasteiger partial charge in [-0.25, -0.2) is 22.5 Å². The highest BCUT2D eigenvalue weighted by molar-refractivity contribution is 7.93. The summed E-state index contributed by atoms with van der Waals surface area (Å²) >= 11 is 0. The van der Waals surface area contributed by atoms with Crippen molar-refractivity contribution < 1.29 is 22.4 Å². The summed E-state index contributed by atoms with van der Waals surface area (Å²) in [4.78, 5) is 16.1. The Hall–Kier alpha value is -3.65. The van der Waals surface area contributed by atoms with Gasteiger partial charge in [-0.3, -0.25) is 0 Å². The molecule has 0 saturated carbocycles. The van der Waals surface area contributed by atoms with E-state index in [1.807, 2.05) is 0 Å². The molecule has 0 saturated heterocycles. The SMILES string of the molecule is COC(=O)c1cc(S(=O)(=O)N(c2ccccc2)c2ccc3ncoc3c2)ccc1C. The maximum Gasteiger partial charge on any atom is 0.338 e. The highest BCUT2D eigenvalue weighted by Crippen LogP contribution is 2.34. The van der Waals surface area contributed by atoms with Gasteiger partial charge >= 0.3 is 5.97 Å². The van der Waals surface area contributed by atoms with E-state index in [-0.39, 0.29) is 10.5 Å². The van der Waals surface area contributed by atoms with Crippen molar-refractivity contribution in [3.8, 4) is 0 Å². The van der Waals surface area contributed by atoms with E-state index in [4.69, 9.17) is 9.15 Å². The van der Waals surface area contributed by atoms with Crippen LogP contribution >= 0.6 is 0 Å². The molecular formula is C22H18N2O5S. The van der Waals surface area contributed by atoms with E-state index in [1.54, 1.807) is 61.5 Å². The maximum absolute atomic E-state index is 13.7. The van der Waals surface area contributed by atoms with E-state index in [0.29, 0.717) is 28.0 Å². The van der Waals surface area contributed by atoms with E-state index >= 15 is 0 Å². The Balaban J connectivity index is 1.91. The number of rotatable bonds is 5. The van der Waals surface area contributed by atoms with Crippen molar-refractivity contribution in [1.29, 1.82) is 0 Å². The normalized spacial score (nSPS) is 11.4. The van der Waals surface area contributed by atoms with Gasteiger partial charge in [0.2, 0.25) is 0 Å². The number of hydrogen-bond acceptors (Lipinski definition) is 6. The van der Waals surface area contributed by atoms with Crippen molar-refractivity contribution in [1.82, 2.24) is 4.98 Å². The van der Waals surface area contributed by atoms with Crippen LogP contribution in [0.3, 0.4) is 0 Å². The summed E-state index contributed by atoms with van der Waals surface area (Å²) < 4.78 is 38.8. The minimum Gasteiger partial charge on any atom is -0.465 e. The number of anilines is 2. The number of para-hydroxylation sites is 1. The summed E-state index contributed by atoms with van der Waals surface area (Å²) in [5.41, 5.74) is 2.71. The summed E-state index contributed by atoms with van der Waals surface area (Å²) in [6.07, 6.45) is 1.30. The van der Waals surface area contributed by atoms with Crippen LogP contribution in [0.4, 0.5) is 11.4 Å². The van der Waals surface area contributed by atoms with Crippen molar-refractivity contribution in [2.24, 2.45) is 0 Å². The third kappa shape index (κ3) is 3.42. The van der Waals surface area contributed by atoms with Crippen LogP contribution < -0.4 is 4.31 Å². The predicted octanol–water partition coefficient (Wildman–Crippen LogP) is 4.45. The average Bonchev–Trinajstić information content (AvgIpc) is 3.22. The molecule has 4 rings (SSSR count). The molecule has 0 aliphatic heterocycles. The highest BCUT2D eigenvalue weighted by Gasteiger charge is 2.28. The first-order valence-corrected chi connectivity index (χ1v) is 10.5. The zero-order valence-electron chi connectivity index (χ0n) is 16.3. The summed E-state index contributed by atoms with van der Waals surface area (Å²) in [5, 5.41) is 0. The van der Waals surface area contributed by atoms with Crippen LogP contribution in [-0.4, -0.2) is 26.5 Å². The average molecular weight is 422 g/mol. The molecule has 0 aliphatic rings. The number of esters is 1. The maximum atomic E-state index is 13.7. The van der Waals surface area contributed by atoms with Gasteiger partial charge in [0.1, 0.15) is 5.52 Å². The highest BCUT2D eigenvalue weighted by atomic mass is 32.2. The van der Waals surface area contributed by atoms with Crippen LogP contribution in [0.2, 0.25) is 0 Å². The van der Waals surface area contributed by atoms with Crippen LogP contribution in [-0.2, 0) is 14.8 Å². The second kappa shape index (κ2) is 7.64. The number of hydrogen-bond donors (Lipinski definition) is 0. The molecule has 0 amide bonds. The molecule has 1 heterocycles. The second-order valence-corrected chi connectivity index (χ2v) is 8.36. The Labute approximate surface area is 173 Å². The number of nitrogens with zero attached hydrogens (tertiary/aromatic N) is 2. The van der Waals surface area contributed by atoms with Gasteiger partial charge in [-0.05, 0) is 48.9 Å². The zero-order valence-corrected chi connectivity index (χ0v) is 17.1. The quantitative estimate of drug-likeness (QED) is 0.442. The fraction of sp³-hybridized carbons (Fsp3) is 0.0909. The molecular weight excluding hydrogens is 404 g/mol. The Morgan fingerprint density at radius 2 is 1.77 bits per heavy atom. The van der Waals surface area contributed by atoms with Crippen LogP contribution in [0.25, 0.3) is 11.1 Å². The molecule has 0 radical (unpaired) electrons. The van der Waals surface area contributed by atoms with Gasteiger partial charge in [0, 0.05) is 6.07 Å². The number of ether oxygens (including phenoxy) is 1. The molecule has 8 heteroatoms. The van der Waals surface area contributed by atoms with Crippen molar-refractivity contribution in [2.45, 2.75) is 11.8 Å². The molecule has 0 aliphatic carbocycles. The van der Waals surface area contributed by atoms with Crippen LogP contribution in [0.15, 0.2) is 82.4 Å². The largest absolute Gasteiger partial charge is 0.465 e. The van der Waals surface area contributed by atoms with Gasteiger partial charge in [-0.1, -0.05) is 24.3 Å². The fourth-order valence-corrected chi connectivity index (χ4v) is 4.66. The van der Waals surface area contributed by atoms with Crippen molar-refractivity contribution in [3.63, 3.8) is 0 Å². The minimum atomic E-state index is -4.08. The lowest BCUT2D eigenvalue weighted by molar-refractivity contribution is 0.0599. The number of carbonyl (C=O) groups excluding carboxylic acids is 1. The lowest BCUT2D eigenvalue weighted by atomic mass is 10.1. The van der Waals surface area contributed by atoms with Gasteiger partial charge in [0.05, 0.1) is 28.9 Å². The van der Waals surface area contributed by atoms with Crippen molar-refractivity contribution >= 4 is 38.5 Å². The molecule has 3 aromatic carbocycles. The Bertz CT molecular complexity index is 1330. The number of benzene rings is 3. The molecule has 152 valence electrons. The van der Waals surface area contributed by atoms with Crippen LogP contribution in [0.1, 0.15) is 15.9 Å². The van der Waals surface area contributed by atoms with E-state index in [1.165, 1.54) is 29.9 Å². The summed E-state index contributed by atoms with van der Waals surface area (Å²) in [6, 6.07) is 18.0. The number of oxazole rings is 1. The first kappa shape index (κ1) is 19.7. The van der Waals surface area contributed by atoms with Crippen LogP contribution in [0, 0.1) is 6.92 Å². The van der Waals surface area contributed by atoms with E-state index < -0.39 is 16.0 Å². The van der Waals surface area contributed by atoms with Crippen LogP contribution in [0.5, 0.6) is 0 Å². The molecule has 30 heavy (non-hydrogen) atoms. The number of fused-ring (bicyclic) bond motifs is 1. The molecule has 0 N–H and O–H groups in total. The topological polar surface area (TPSA) is 89.7 Å². The fourth-order valence-electron chi connectivity index (χ4n) is 3.16. The number of aryl methyl sites for hydroxylation is 1. The molecule has 0 unspecified atom stereocenters.